The van der Waals surface area contributed by atoms with Crippen LogP contribution in [-0.4, -0.2) is 29.1 Å². The van der Waals surface area contributed by atoms with Crippen LogP contribution in [0.25, 0.3) is 10.2 Å². The maximum atomic E-state index is 11.9. The Morgan fingerprint density at radius 2 is 1.93 bits per heavy atom. The maximum Gasteiger partial charge on any atom is 0.231 e. The molecule has 0 atom stereocenters. The monoisotopic (exact) mass is 395 g/mol. The highest BCUT2D eigenvalue weighted by molar-refractivity contribution is 8.01. The van der Waals surface area contributed by atoms with Gasteiger partial charge >= 0.3 is 0 Å². The van der Waals surface area contributed by atoms with Crippen LogP contribution in [0, 0.1) is 11.8 Å². The highest BCUT2D eigenvalue weighted by Crippen LogP contribution is 2.28. The van der Waals surface area contributed by atoms with Crippen LogP contribution in [0.5, 0.6) is 0 Å². The number of rotatable bonds is 5. The first-order chi connectivity index (χ1) is 13.1. The van der Waals surface area contributed by atoms with Gasteiger partial charge in [0.15, 0.2) is 4.34 Å². The molecule has 2 amide bonds. The maximum absolute atomic E-state index is 11.9. The summed E-state index contributed by atoms with van der Waals surface area (Å²) in [4.78, 5) is 27.4. The number of amides is 2. The third kappa shape index (κ3) is 5.84. The lowest BCUT2D eigenvalue weighted by molar-refractivity contribution is -0.118. The third-order valence-corrected chi connectivity index (χ3v) is 5.59. The van der Waals surface area contributed by atoms with Gasteiger partial charge in [0.25, 0.3) is 0 Å². The van der Waals surface area contributed by atoms with Gasteiger partial charge in [-0.05, 0) is 36.4 Å². The van der Waals surface area contributed by atoms with Crippen molar-refractivity contribution in [1.82, 2.24) is 10.3 Å². The van der Waals surface area contributed by atoms with Gasteiger partial charge in [-0.3, -0.25) is 9.59 Å². The first kappa shape index (κ1) is 19.0. The zero-order valence-electron chi connectivity index (χ0n) is 14.6. The highest BCUT2D eigenvalue weighted by Gasteiger charge is 2.06. The first-order valence-corrected chi connectivity index (χ1v) is 10.0. The zero-order chi connectivity index (χ0) is 19.1. The van der Waals surface area contributed by atoms with Gasteiger partial charge in [0.1, 0.15) is 0 Å². The molecule has 1 heterocycles. The van der Waals surface area contributed by atoms with Crippen molar-refractivity contribution in [3.05, 3.63) is 54.1 Å². The molecule has 136 valence electrons. The number of benzene rings is 2. The quantitative estimate of drug-likeness (QED) is 0.512. The minimum Gasteiger partial charge on any atom is -0.344 e. The van der Waals surface area contributed by atoms with Crippen LogP contribution >= 0.6 is 23.1 Å². The fourth-order valence-electron chi connectivity index (χ4n) is 2.22. The summed E-state index contributed by atoms with van der Waals surface area (Å²) < 4.78 is 2.01. The standard InChI is InChI=1S/C20H17N3O2S2/c1-14(24)22-16-10-8-15(9-11-16)5-4-12-21-19(25)13-26-20-23-17-6-2-3-7-18(17)27-20/h2-3,6-11H,12-13H2,1H3,(H,21,25)(H,22,24). The van der Waals surface area contributed by atoms with Crippen molar-refractivity contribution in [1.29, 1.82) is 0 Å². The minimum absolute atomic E-state index is 0.0745. The van der Waals surface area contributed by atoms with Crippen molar-refractivity contribution in [3.63, 3.8) is 0 Å². The van der Waals surface area contributed by atoms with Crippen LogP contribution in [0.4, 0.5) is 5.69 Å². The van der Waals surface area contributed by atoms with Crippen molar-refractivity contribution in [2.45, 2.75) is 11.3 Å². The molecule has 0 unspecified atom stereocenters. The molecule has 2 aromatic carbocycles. The van der Waals surface area contributed by atoms with Crippen LogP contribution in [0.3, 0.4) is 0 Å². The number of hydrogen-bond acceptors (Lipinski definition) is 5. The summed E-state index contributed by atoms with van der Waals surface area (Å²) in [7, 11) is 0. The lowest BCUT2D eigenvalue weighted by Gasteiger charge is -2.01. The van der Waals surface area contributed by atoms with Gasteiger partial charge in [-0.25, -0.2) is 4.98 Å². The van der Waals surface area contributed by atoms with Crippen LogP contribution in [-0.2, 0) is 9.59 Å². The summed E-state index contributed by atoms with van der Waals surface area (Å²) in [5.41, 5.74) is 2.51. The summed E-state index contributed by atoms with van der Waals surface area (Å²) in [5, 5.41) is 5.48. The number of thiazole rings is 1. The summed E-state index contributed by atoms with van der Waals surface area (Å²) in [6.07, 6.45) is 0. The lowest BCUT2D eigenvalue weighted by atomic mass is 10.2. The Balaban J connectivity index is 1.43. The number of anilines is 1. The van der Waals surface area contributed by atoms with Crippen molar-refractivity contribution >= 4 is 50.8 Å². The van der Waals surface area contributed by atoms with Crippen molar-refractivity contribution in [2.24, 2.45) is 0 Å². The molecule has 27 heavy (non-hydrogen) atoms. The molecular weight excluding hydrogens is 378 g/mol. The van der Waals surface area contributed by atoms with Crippen molar-refractivity contribution in [2.75, 3.05) is 17.6 Å². The average Bonchev–Trinajstić information content (AvgIpc) is 3.07. The molecule has 0 aliphatic carbocycles. The molecule has 0 bridgehead atoms. The minimum atomic E-state index is -0.111. The number of aromatic nitrogens is 1. The Hall–Kier alpha value is -2.82. The van der Waals surface area contributed by atoms with E-state index in [2.05, 4.69) is 27.5 Å². The summed E-state index contributed by atoms with van der Waals surface area (Å²) in [5.74, 6) is 6.03. The molecule has 3 aromatic rings. The lowest BCUT2D eigenvalue weighted by Crippen LogP contribution is -2.25. The number of carbonyl (C=O) groups is 2. The summed E-state index contributed by atoms with van der Waals surface area (Å²) >= 11 is 3.02. The van der Waals surface area contributed by atoms with Crippen LogP contribution in [0.15, 0.2) is 52.9 Å². The Bertz CT molecular complexity index is 984. The van der Waals surface area contributed by atoms with E-state index in [1.54, 1.807) is 23.5 Å². The van der Waals surface area contributed by atoms with E-state index in [1.807, 2.05) is 36.4 Å². The Labute approximate surface area is 165 Å². The van der Waals surface area contributed by atoms with Gasteiger partial charge < -0.3 is 10.6 Å². The Morgan fingerprint density at radius 3 is 2.67 bits per heavy atom. The second-order valence-electron chi connectivity index (χ2n) is 5.57. The van der Waals surface area contributed by atoms with Gasteiger partial charge in [0.2, 0.25) is 11.8 Å². The molecule has 0 spiro atoms. The SMILES string of the molecule is CC(=O)Nc1ccc(C#CCNC(=O)CSc2nc3ccccc3s2)cc1. The second-order valence-corrected chi connectivity index (χ2v) is 7.83. The van der Waals surface area contributed by atoms with E-state index in [0.717, 1.165) is 25.8 Å². The second kappa shape index (κ2) is 9.21. The topological polar surface area (TPSA) is 71.1 Å². The predicted molar refractivity (Wildman–Crippen MR) is 111 cm³/mol. The van der Waals surface area contributed by atoms with Gasteiger partial charge in [-0.15, -0.1) is 11.3 Å². The molecule has 0 radical (unpaired) electrons. The van der Waals surface area contributed by atoms with Crippen molar-refractivity contribution in [3.8, 4) is 11.8 Å². The molecule has 0 aliphatic heterocycles. The number of thioether (sulfide) groups is 1. The van der Waals surface area contributed by atoms with E-state index < -0.39 is 0 Å². The van der Waals surface area contributed by atoms with Crippen molar-refractivity contribution < 1.29 is 9.59 Å². The van der Waals surface area contributed by atoms with E-state index >= 15 is 0 Å². The molecule has 5 nitrogen and oxygen atoms in total. The van der Waals surface area contributed by atoms with E-state index in [9.17, 15) is 9.59 Å². The van der Waals surface area contributed by atoms with E-state index in [4.69, 9.17) is 0 Å². The smallest absolute Gasteiger partial charge is 0.231 e. The molecule has 2 N–H and O–H groups in total. The molecule has 1 aromatic heterocycles. The first-order valence-electron chi connectivity index (χ1n) is 8.22. The van der Waals surface area contributed by atoms with E-state index in [1.165, 1.54) is 18.7 Å². The molecule has 0 saturated carbocycles. The van der Waals surface area contributed by atoms with Gasteiger partial charge in [-0.2, -0.15) is 0 Å². The fourth-order valence-corrected chi connectivity index (χ4v) is 4.12. The number of nitrogens with zero attached hydrogens (tertiary/aromatic N) is 1. The molecule has 0 saturated heterocycles. The van der Waals surface area contributed by atoms with Gasteiger partial charge in [0, 0.05) is 18.2 Å². The number of hydrogen-bond donors (Lipinski definition) is 2. The number of fused-ring (bicyclic) bond motifs is 1. The fraction of sp³-hybridized carbons (Fsp3) is 0.150. The molecule has 0 fully saturated rings. The van der Waals surface area contributed by atoms with Gasteiger partial charge in [-0.1, -0.05) is 35.7 Å². The summed E-state index contributed by atoms with van der Waals surface area (Å²) in [6.45, 7) is 1.75. The average molecular weight is 396 g/mol. The van der Waals surface area contributed by atoms with E-state index in [0.29, 0.717) is 5.75 Å². The largest absolute Gasteiger partial charge is 0.344 e. The van der Waals surface area contributed by atoms with Crippen LogP contribution in [0.2, 0.25) is 0 Å². The Kier molecular flexibility index (Phi) is 6.47. The van der Waals surface area contributed by atoms with Gasteiger partial charge in [0.05, 0.1) is 22.5 Å². The highest BCUT2D eigenvalue weighted by atomic mass is 32.2. The van der Waals surface area contributed by atoms with Crippen LogP contribution in [0.1, 0.15) is 12.5 Å². The molecule has 0 aliphatic rings. The van der Waals surface area contributed by atoms with Crippen LogP contribution < -0.4 is 10.6 Å². The number of nitrogens with one attached hydrogen (secondary N) is 2. The Morgan fingerprint density at radius 1 is 1.15 bits per heavy atom. The number of para-hydroxylation sites is 1. The zero-order valence-corrected chi connectivity index (χ0v) is 16.2. The summed E-state index contributed by atoms with van der Waals surface area (Å²) in [6, 6.07) is 15.1. The third-order valence-electron chi connectivity index (χ3n) is 3.41. The number of carbonyl (C=O) groups excluding carboxylic acids is 2. The molecule has 3 rings (SSSR count). The normalized spacial score (nSPS) is 10.1. The molecular formula is C20H17N3O2S2. The van der Waals surface area contributed by atoms with E-state index in [-0.39, 0.29) is 18.4 Å². The predicted octanol–water partition coefficient (Wildman–Crippen LogP) is 3.51. The molecule has 7 heteroatoms.